The van der Waals surface area contributed by atoms with Gasteiger partial charge in [0, 0.05) is 33.0 Å². The van der Waals surface area contributed by atoms with E-state index in [-0.39, 0.29) is 0 Å². The Morgan fingerprint density at radius 3 is 1.79 bits per heavy atom. The zero-order valence-electron chi connectivity index (χ0n) is 25.2. The second-order valence-electron chi connectivity index (χ2n) is 12.0. The van der Waals surface area contributed by atoms with Gasteiger partial charge in [-0.3, -0.25) is 0 Å². The zero-order valence-corrected chi connectivity index (χ0v) is 25.2. The lowest BCUT2D eigenvalue weighted by molar-refractivity contribution is 0.670. The van der Waals surface area contributed by atoms with Gasteiger partial charge >= 0.3 is 0 Å². The van der Waals surface area contributed by atoms with Gasteiger partial charge in [-0.25, -0.2) is 15.0 Å². The molecule has 0 saturated carbocycles. The number of aromatic nitrogens is 3. The maximum Gasteiger partial charge on any atom is 0.164 e. The number of furan rings is 1. The number of benzene rings is 7. The first-order chi connectivity index (χ1) is 23.3. The first kappa shape index (κ1) is 25.9. The molecule has 0 saturated heterocycles. The van der Waals surface area contributed by atoms with Gasteiger partial charge in [-0.1, -0.05) is 121 Å². The lowest BCUT2D eigenvalue weighted by Gasteiger charge is -2.12. The number of fused-ring (bicyclic) bond motifs is 6. The molecule has 2 aromatic heterocycles. The highest BCUT2D eigenvalue weighted by Gasteiger charge is 2.24. The molecular weight excluding hydrogens is 574 g/mol. The summed E-state index contributed by atoms with van der Waals surface area (Å²) in [5.74, 6) is 1.87. The topological polar surface area (TPSA) is 51.8 Å². The van der Waals surface area contributed by atoms with Crippen molar-refractivity contribution >= 4 is 32.7 Å². The number of hydrogen-bond acceptors (Lipinski definition) is 4. The van der Waals surface area contributed by atoms with Crippen molar-refractivity contribution in [1.29, 1.82) is 0 Å². The van der Waals surface area contributed by atoms with Gasteiger partial charge in [0.05, 0.1) is 0 Å². The molecule has 2 heterocycles. The normalized spacial score (nSPS) is 11.8. The molecule has 0 N–H and O–H groups in total. The van der Waals surface area contributed by atoms with Gasteiger partial charge in [0.15, 0.2) is 17.5 Å². The van der Waals surface area contributed by atoms with Gasteiger partial charge in [-0.15, -0.1) is 0 Å². The number of para-hydroxylation sites is 1. The molecular formula is C43H25N3O. The van der Waals surface area contributed by atoms with E-state index in [0.29, 0.717) is 17.5 Å². The standard InChI is InChI=1S/C43H25N3O/c1-3-12-26(13-4-1)30-22-23-35(39-34-19-9-10-21-37(34)47-40(30)39)43-45-41(27-14-5-2-6-15-27)44-42(46-43)29-24-28-16-11-20-33-31-17-7-8-18-32(31)36(25-29)38(28)33/h1-25H. The second-order valence-corrected chi connectivity index (χ2v) is 12.0. The molecule has 4 nitrogen and oxygen atoms in total. The van der Waals surface area contributed by atoms with Crippen molar-refractivity contribution in [2.45, 2.75) is 0 Å². The average Bonchev–Trinajstić information content (AvgIpc) is 3.69. The lowest BCUT2D eigenvalue weighted by atomic mass is 9.97. The largest absolute Gasteiger partial charge is 0.455 e. The molecule has 4 heteroatoms. The van der Waals surface area contributed by atoms with Gasteiger partial charge in [-0.2, -0.15) is 0 Å². The fourth-order valence-electron chi connectivity index (χ4n) is 7.15. The van der Waals surface area contributed by atoms with Crippen LogP contribution in [-0.2, 0) is 0 Å². The summed E-state index contributed by atoms with van der Waals surface area (Å²) in [4.78, 5) is 15.5. The minimum atomic E-state index is 0.607. The van der Waals surface area contributed by atoms with Crippen LogP contribution in [0.15, 0.2) is 156 Å². The van der Waals surface area contributed by atoms with E-state index in [4.69, 9.17) is 19.4 Å². The van der Waals surface area contributed by atoms with E-state index in [1.165, 1.54) is 33.0 Å². The smallest absolute Gasteiger partial charge is 0.164 e. The van der Waals surface area contributed by atoms with E-state index < -0.39 is 0 Å². The molecule has 1 aliphatic carbocycles. The molecule has 0 radical (unpaired) electrons. The number of hydrogen-bond donors (Lipinski definition) is 0. The van der Waals surface area contributed by atoms with E-state index in [0.717, 1.165) is 49.8 Å². The molecule has 0 spiro atoms. The number of nitrogens with zero attached hydrogens (tertiary/aromatic N) is 3. The fourth-order valence-corrected chi connectivity index (χ4v) is 7.15. The van der Waals surface area contributed by atoms with Crippen LogP contribution in [0.5, 0.6) is 0 Å². The Hall–Kier alpha value is -6.39. The highest BCUT2D eigenvalue weighted by molar-refractivity contribution is 6.17. The minimum absolute atomic E-state index is 0.607. The van der Waals surface area contributed by atoms with E-state index >= 15 is 0 Å². The molecule has 0 bridgehead atoms. The quantitative estimate of drug-likeness (QED) is 0.202. The summed E-state index contributed by atoms with van der Waals surface area (Å²) >= 11 is 0. The maximum atomic E-state index is 6.58. The van der Waals surface area contributed by atoms with Crippen LogP contribution in [0.2, 0.25) is 0 Å². The Kier molecular flexibility index (Phi) is 5.54. The Balaban J connectivity index is 1.25. The van der Waals surface area contributed by atoms with Crippen molar-refractivity contribution in [3.05, 3.63) is 152 Å². The van der Waals surface area contributed by atoms with Gasteiger partial charge in [0.2, 0.25) is 0 Å². The van der Waals surface area contributed by atoms with Crippen LogP contribution < -0.4 is 0 Å². The lowest BCUT2D eigenvalue weighted by Crippen LogP contribution is -2.01. The summed E-state index contributed by atoms with van der Waals surface area (Å²) in [5, 5.41) is 4.47. The monoisotopic (exact) mass is 599 g/mol. The molecule has 0 aliphatic heterocycles. The molecule has 218 valence electrons. The molecule has 9 aromatic rings. The zero-order chi connectivity index (χ0) is 30.9. The van der Waals surface area contributed by atoms with Crippen LogP contribution in [0.1, 0.15) is 0 Å². The van der Waals surface area contributed by atoms with Crippen molar-refractivity contribution in [3.8, 4) is 67.5 Å². The first-order valence-electron chi connectivity index (χ1n) is 15.8. The predicted molar refractivity (Wildman–Crippen MR) is 191 cm³/mol. The summed E-state index contributed by atoms with van der Waals surface area (Å²) < 4.78 is 6.58. The molecule has 0 unspecified atom stereocenters. The van der Waals surface area contributed by atoms with E-state index in [9.17, 15) is 0 Å². The molecule has 7 aromatic carbocycles. The molecule has 1 aliphatic rings. The van der Waals surface area contributed by atoms with Gasteiger partial charge < -0.3 is 4.42 Å². The predicted octanol–water partition coefficient (Wildman–Crippen LogP) is 11.2. The molecule has 0 fully saturated rings. The second kappa shape index (κ2) is 10.1. The summed E-state index contributed by atoms with van der Waals surface area (Å²) in [6.07, 6.45) is 0. The summed E-state index contributed by atoms with van der Waals surface area (Å²) in [5.41, 5.74) is 11.6. The number of rotatable bonds is 4. The molecule has 10 rings (SSSR count). The third kappa shape index (κ3) is 3.98. The Labute approximate surface area is 270 Å². The van der Waals surface area contributed by atoms with Crippen molar-refractivity contribution in [1.82, 2.24) is 15.0 Å². The average molecular weight is 600 g/mol. The highest BCUT2D eigenvalue weighted by atomic mass is 16.3. The van der Waals surface area contributed by atoms with Crippen LogP contribution in [0.4, 0.5) is 0 Å². The third-order valence-corrected chi connectivity index (χ3v) is 9.26. The fraction of sp³-hybridized carbons (Fsp3) is 0. The van der Waals surface area contributed by atoms with Crippen molar-refractivity contribution in [2.75, 3.05) is 0 Å². The molecule has 47 heavy (non-hydrogen) atoms. The Morgan fingerprint density at radius 2 is 0.979 bits per heavy atom. The molecule has 0 amide bonds. The van der Waals surface area contributed by atoms with Gasteiger partial charge in [-0.05, 0) is 68.9 Å². The first-order valence-corrected chi connectivity index (χ1v) is 15.8. The highest BCUT2D eigenvalue weighted by Crippen LogP contribution is 2.48. The Bertz CT molecular complexity index is 2680. The van der Waals surface area contributed by atoms with Crippen LogP contribution in [-0.4, -0.2) is 15.0 Å². The summed E-state index contributed by atoms with van der Waals surface area (Å²) in [6.45, 7) is 0. The van der Waals surface area contributed by atoms with Crippen LogP contribution in [0.3, 0.4) is 0 Å². The maximum absolute atomic E-state index is 6.58. The third-order valence-electron chi connectivity index (χ3n) is 9.26. The summed E-state index contributed by atoms with van der Waals surface area (Å²) in [7, 11) is 0. The van der Waals surface area contributed by atoms with Crippen molar-refractivity contribution in [2.24, 2.45) is 0 Å². The van der Waals surface area contributed by atoms with Gasteiger partial charge in [0.25, 0.3) is 0 Å². The van der Waals surface area contributed by atoms with Crippen molar-refractivity contribution in [3.63, 3.8) is 0 Å². The van der Waals surface area contributed by atoms with E-state index in [2.05, 4.69) is 103 Å². The Morgan fingerprint density at radius 1 is 0.362 bits per heavy atom. The van der Waals surface area contributed by atoms with Crippen LogP contribution in [0.25, 0.3) is 100 Å². The van der Waals surface area contributed by atoms with Gasteiger partial charge in [0.1, 0.15) is 11.2 Å². The van der Waals surface area contributed by atoms with Crippen LogP contribution >= 0.6 is 0 Å². The van der Waals surface area contributed by atoms with E-state index in [1.54, 1.807) is 0 Å². The van der Waals surface area contributed by atoms with Crippen molar-refractivity contribution < 1.29 is 4.42 Å². The minimum Gasteiger partial charge on any atom is -0.455 e. The molecule has 0 atom stereocenters. The summed E-state index contributed by atoms with van der Waals surface area (Å²) in [6, 6.07) is 52.6. The SMILES string of the molecule is c1ccc(-c2nc(-c3cc4c5c(cccc5c3)-c3ccccc3-4)nc(-c3ccc(-c4ccccc4)c4oc5ccccc5c34)n2)cc1. The van der Waals surface area contributed by atoms with E-state index in [1.807, 2.05) is 48.5 Å². The van der Waals surface area contributed by atoms with Crippen LogP contribution in [0, 0.1) is 0 Å².